The average molecular weight is 390 g/mol. The van der Waals surface area contributed by atoms with E-state index >= 15 is 0 Å². The molecule has 3 rings (SSSR count). The zero-order valence-electron chi connectivity index (χ0n) is 14.8. The molecule has 0 saturated carbocycles. The number of hydrogen-bond donors (Lipinski definition) is 1. The quantitative estimate of drug-likeness (QED) is 0.669. The Balaban J connectivity index is 2.02. The normalized spacial score (nSPS) is 10.5. The molecule has 8 heteroatoms. The van der Waals surface area contributed by atoms with E-state index in [1.165, 1.54) is 39.5 Å². The fourth-order valence-corrected chi connectivity index (χ4v) is 2.82. The van der Waals surface area contributed by atoms with Crippen LogP contribution in [0, 0.1) is 0 Å². The summed E-state index contributed by atoms with van der Waals surface area (Å²) in [6.07, 6.45) is 0. The number of hydrogen-bond acceptors (Lipinski definition) is 6. The van der Waals surface area contributed by atoms with E-state index in [-0.39, 0.29) is 11.1 Å². The van der Waals surface area contributed by atoms with E-state index in [4.69, 9.17) is 30.2 Å². The molecule has 0 spiro atoms. The van der Waals surface area contributed by atoms with Gasteiger partial charge in [-0.3, -0.25) is 4.79 Å². The predicted octanol–water partition coefficient (Wildman–Crippen LogP) is 3.72. The number of ether oxygens (including phenoxy) is 3. The van der Waals surface area contributed by atoms with Gasteiger partial charge in [0.05, 0.1) is 32.0 Å². The Hall–Kier alpha value is -3.19. The van der Waals surface area contributed by atoms with Crippen LogP contribution in [0.5, 0.6) is 17.2 Å². The fraction of sp³-hybridized carbons (Fsp3) is 0.158. The van der Waals surface area contributed by atoms with Crippen LogP contribution in [0.2, 0.25) is 5.02 Å². The first-order valence-corrected chi connectivity index (χ1v) is 8.20. The molecule has 0 aliphatic heterocycles. The Kier molecular flexibility index (Phi) is 5.23. The number of carbonyl (C=O) groups excluding carboxylic acids is 1. The summed E-state index contributed by atoms with van der Waals surface area (Å²) in [6.45, 7) is 0. The van der Waals surface area contributed by atoms with Gasteiger partial charge in [-0.25, -0.2) is 4.79 Å². The number of amides is 1. The van der Waals surface area contributed by atoms with Crippen LogP contribution in [0.3, 0.4) is 0 Å². The Bertz CT molecular complexity index is 1080. The molecule has 27 heavy (non-hydrogen) atoms. The lowest BCUT2D eigenvalue weighted by atomic mass is 10.1. The van der Waals surface area contributed by atoms with E-state index in [1.54, 1.807) is 18.2 Å². The van der Waals surface area contributed by atoms with Gasteiger partial charge in [-0.15, -0.1) is 0 Å². The summed E-state index contributed by atoms with van der Waals surface area (Å²) >= 11 is 6.06. The molecule has 0 aliphatic carbocycles. The van der Waals surface area contributed by atoms with Gasteiger partial charge < -0.3 is 23.9 Å². The van der Waals surface area contributed by atoms with Gasteiger partial charge in [0.15, 0.2) is 11.3 Å². The van der Waals surface area contributed by atoms with E-state index in [0.717, 1.165) is 0 Å². The van der Waals surface area contributed by atoms with Gasteiger partial charge in [-0.05, 0) is 12.1 Å². The molecule has 1 heterocycles. The first kappa shape index (κ1) is 18.6. The van der Waals surface area contributed by atoms with Gasteiger partial charge in [-0.1, -0.05) is 23.7 Å². The molecule has 2 aromatic carbocycles. The maximum atomic E-state index is 12.7. The second-order valence-corrected chi connectivity index (χ2v) is 5.87. The largest absolute Gasteiger partial charge is 0.495 e. The standard InChI is InChI=1S/C19H16ClNO6/c1-24-14-6-4-5-10-7-11(19(23)27-17(10)14)18(22)21-13-9-15(25-2)12(20)8-16(13)26-3/h4-9H,1-3H3,(H,21,22). The number of rotatable bonds is 5. The van der Waals surface area contributed by atoms with Crippen LogP contribution < -0.4 is 25.2 Å². The zero-order chi connectivity index (χ0) is 19.6. The van der Waals surface area contributed by atoms with Crippen molar-refractivity contribution in [1.82, 2.24) is 0 Å². The van der Waals surface area contributed by atoms with E-state index in [9.17, 15) is 9.59 Å². The van der Waals surface area contributed by atoms with Crippen LogP contribution >= 0.6 is 11.6 Å². The van der Waals surface area contributed by atoms with Crippen molar-refractivity contribution in [2.45, 2.75) is 0 Å². The lowest BCUT2D eigenvalue weighted by Crippen LogP contribution is -2.21. The van der Waals surface area contributed by atoms with Crippen LogP contribution in [-0.2, 0) is 0 Å². The molecule has 0 aliphatic rings. The van der Waals surface area contributed by atoms with Gasteiger partial charge >= 0.3 is 5.63 Å². The molecule has 0 fully saturated rings. The molecular formula is C19H16ClNO6. The third-order valence-electron chi connectivity index (χ3n) is 3.91. The number of fused-ring (bicyclic) bond motifs is 1. The van der Waals surface area contributed by atoms with Gasteiger partial charge in [-0.2, -0.15) is 0 Å². The molecule has 3 aromatic rings. The van der Waals surface area contributed by atoms with E-state index < -0.39 is 11.5 Å². The van der Waals surface area contributed by atoms with Crippen molar-refractivity contribution < 1.29 is 23.4 Å². The molecule has 1 N–H and O–H groups in total. The molecule has 0 unspecified atom stereocenters. The lowest BCUT2D eigenvalue weighted by molar-refractivity contribution is 0.102. The number of carbonyl (C=O) groups is 1. The van der Waals surface area contributed by atoms with Crippen molar-refractivity contribution in [3.05, 3.63) is 57.4 Å². The van der Waals surface area contributed by atoms with Crippen LogP contribution in [0.25, 0.3) is 11.0 Å². The zero-order valence-corrected chi connectivity index (χ0v) is 15.5. The van der Waals surface area contributed by atoms with Crippen LogP contribution in [0.1, 0.15) is 10.4 Å². The number of benzene rings is 2. The monoisotopic (exact) mass is 389 g/mol. The van der Waals surface area contributed by atoms with Crippen molar-refractivity contribution in [3.8, 4) is 17.2 Å². The summed E-state index contributed by atoms with van der Waals surface area (Å²) in [7, 11) is 4.35. The third kappa shape index (κ3) is 3.54. The summed E-state index contributed by atoms with van der Waals surface area (Å²) in [5, 5.41) is 3.50. The highest BCUT2D eigenvalue weighted by atomic mass is 35.5. The van der Waals surface area contributed by atoms with Crippen molar-refractivity contribution in [2.75, 3.05) is 26.6 Å². The molecule has 1 aromatic heterocycles. The van der Waals surface area contributed by atoms with Crippen molar-refractivity contribution in [2.24, 2.45) is 0 Å². The van der Waals surface area contributed by atoms with Crippen LogP contribution in [-0.4, -0.2) is 27.2 Å². The maximum absolute atomic E-state index is 12.7. The Labute approximate surface area is 159 Å². The van der Waals surface area contributed by atoms with Gasteiger partial charge in [0.1, 0.15) is 17.1 Å². The van der Waals surface area contributed by atoms with Crippen LogP contribution in [0.15, 0.2) is 45.6 Å². The molecule has 7 nitrogen and oxygen atoms in total. The van der Waals surface area contributed by atoms with Gasteiger partial charge in [0.2, 0.25) is 0 Å². The molecule has 0 saturated heterocycles. The van der Waals surface area contributed by atoms with E-state index in [1.807, 2.05) is 0 Å². The minimum absolute atomic E-state index is 0.160. The molecule has 1 amide bonds. The molecule has 140 valence electrons. The molecule has 0 radical (unpaired) electrons. The number of anilines is 1. The lowest BCUT2D eigenvalue weighted by Gasteiger charge is -2.13. The van der Waals surface area contributed by atoms with Crippen molar-refractivity contribution in [3.63, 3.8) is 0 Å². The topological polar surface area (TPSA) is 87.0 Å². The average Bonchev–Trinajstić information content (AvgIpc) is 2.67. The SMILES string of the molecule is COc1cc(NC(=O)c2cc3cccc(OC)c3oc2=O)c(OC)cc1Cl. The summed E-state index contributed by atoms with van der Waals surface area (Å²) in [5.41, 5.74) is -0.377. The number of nitrogens with one attached hydrogen (secondary N) is 1. The first-order valence-electron chi connectivity index (χ1n) is 7.82. The summed E-state index contributed by atoms with van der Waals surface area (Å²) in [4.78, 5) is 25.0. The van der Waals surface area contributed by atoms with Crippen molar-refractivity contribution in [1.29, 1.82) is 0 Å². The molecule has 0 bridgehead atoms. The predicted molar refractivity (Wildman–Crippen MR) is 102 cm³/mol. The number of methoxy groups -OCH3 is 3. The van der Waals surface area contributed by atoms with Gasteiger partial charge in [0.25, 0.3) is 5.91 Å². The van der Waals surface area contributed by atoms with E-state index in [2.05, 4.69) is 5.32 Å². The summed E-state index contributed by atoms with van der Waals surface area (Å²) < 4.78 is 20.8. The maximum Gasteiger partial charge on any atom is 0.349 e. The highest BCUT2D eigenvalue weighted by molar-refractivity contribution is 6.32. The van der Waals surface area contributed by atoms with Gasteiger partial charge in [0, 0.05) is 17.5 Å². The minimum atomic E-state index is -0.788. The second-order valence-electron chi connectivity index (χ2n) is 5.47. The highest BCUT2D eigenvalue weighted by Crippen LogP contribution is 2.36. The molecule has 0 atom stereocenters. The second kappa shape index (κ2) is 7.59. The summed E-state index contributed by atoms with van der Waals surface area (Å²) in [5.74, 6) is 0.417. The minimum Gasteiger partial charge on any atom is -0.495 e. The Morgan fingerprint density at radius 1 is 1.00 bits per heavy atom. The highest BCUT2D eigenvalue weighted by Gasteiger charge is 2.18. The van der Waals surface area contributed by atoms with Crippen molar-refractivity contribution >= 4 is 34.2 Å². The van der Waals surface area contributed by atoms with Crippen LogP contribution in [0.4, 0.5) is 5.69 Å². The number of para-hydroxylation sites is 1. The fourth-order valence-electron chi connectivity index (χ4n) is 2.58. The smallest absolute Gasteiger partial charge is 0.349 e. The summed E-state index contributed by atoms with van der Waals surface area (Å²) in [6, 6.07) is 9.56. The Morgan fingerprint density at radius 3 is 2.37 bits per heavy atom. The Morgan fingerprint density at radius 2 is 1.70 bits per heavy atom. The third-order valence-corrected chi connectivity index (χ3v) is 4.21. The molecular weight excluding hydrogens is 374 g/mol. The first-order chi connectivity index (χ1) is 13.0. The van der Waals surface area contributed by atoms with E-state index in [0.29, 0.717) is 33.3 Å². The number of halogens is 1.